The number of hydrogen-bond donors (Lipinski definition) is 4. The standard InChI is InChI=1S/C15H34O6P2/c1-5-9-13-15(12-8-4,23(19,20)21)14(10-6-2,11-7-3)22(16,17)18/h5-13H2,1-4H3,(H2,16,17,18)(H2,19,20,21). The molecule has 0 aliphatic carbocycles. The van der Waals surface area contributed by atoms with Gasteiger partial charge in [-0.15, -0.1) is 0 Å². The molecule has 0 heterocycles. The van der Waals surface area contributed by atoms with Crippen LogP contribution in [0.3, 0.4) is 0 Å². The third-order valence-corrected chi connectivity index (χ3v) is 9.07. The van der Waals surface area contributed by atoms with E-state index in [1.807, 2.05) is 6.92 Å². The van der Waals surface area contributed by atoms with E-state index in [-0.39, 0.29) is 25.7 Å². The number of unbranched alkanes of at least 4 members (excludes halogenated alkanes) is 1. The van der Waals surface area contributed by atoms with Crippen molar-refractivity contribution < 1.29 is 28.7 Å². The van der Waals surface area contributed by atoms with Crippen molar-refractivity contribution in [2.24, 2.45) is 0 Å². The van der Waals surface area contributed by atoms with E-state index in [9.17, 15) is 28.7 Å². The maximum absolute atomic E-state index is 12.5. The molecule has 0 saturated heterocycles. The van der Waals surface area contributed by atoms with Crippen molar-refractivity contribution in [1.29, 1.82) is 0 Å². The highest BCUT2D eigenvalue weighted by Crippen LogP contribution is 2.73. The molecule has 0 radical (unpaired) electrons. The summed E-state index contributed by atoms with van der Waals surface area (Å²) in [6.45, 7) is 7.32. The van der Waals surface area contributed by atoms with Crippen molar-refractivity contribution in [3.05, 3.63) is 0 Å². The molecule has 0 fully saturated rings. The zero-order valence-electron chi connectivity index (χ0n) is 14.9. The summed E-state index contributed by atoms with van der Waals surface area (Å²) >= 11 is 0. The van der Waals surface area contributed by atoms with E-state index in [4.69, 9.17) is 0 Å². The summed E-state index contributed by atoms with van der Waals surface area (Å²) in [4.78, 5) is 40.8. The zero-order valence-corrected chi connectivity index (χ0v) is 16.7. The molecule has 0 amide bonds. The molecule has 0 aliphatic heterocycles. The predicted octanol–water partition coefficient (Wildman–Crippen LogP) is 4.41. The molecule has 140 valence electrons. The summed E-state index contributed by atoms with van der Waals surface area (Å²) in [5, 5.41) is -3.32. The Morgan fingerprint density at radius 3 is 1.13 bits per heavy atom. The fourth-order valence-electron chi connectivity index (χ4n) is 4.02. The second-order valence-electron chi connectivity index (χ2n) is 6.50. The second-order valence-corrected chi connectivity index (χ2v) is 10.4. The minimum Gasteiger partial charge on any atom is -0.324 e. The van der Waals surface area contributed by atoms with Gasteiger partial charge >= 0.3 is 15.2 Å². The molecule has 0 aliphatic rings. The van der Waals surface area contributed by atoms with Gasteiger partial charge in [-0.05, 0) is 25.7 Å². The Balaban J connectivity index is 6.60. The average Bonchev–Trinajstić information content (AvgIpc) is 2.40. The number of hydrogen-bond acceptors (Lipinski definition) is 2. The molecule has 4 N–H and O–H groups in total. The van der Waals surface area contributed by atoms with Gasteiger partial charge in [-0.1, -0.05) is 59.8 Å². The molecular weight excluding hydrogens is 338 g/mol. The maximum atomic E-state index is 12.5. The maximum Gasteiger partial charge on any atom is 0.332 e. The average molecular weight is 372 g/mol. The van der Waals surface area contributed by atoms with Gasteiger partial charge < -0.3 is 19.6 Å². The molecule has 0 aromatic rings. The molecule has 1 atom stereocenters. The number of rotatable bonds is 12. The molecule has 6 nitrogen and oxygen atoms in total. The lowest BCUT2D eigenvalue weighted by Gasteiger charge is -2.51. The third kappa shape index (κ3) is 4.68. The van der Waals surface area contributed by atoms with Crippen LogP contribution in [0.2, 0.25) is 0 Å². The zero-order chi connectivity index (χ0) is 18.4. The van der Waals surface area contributed by atoms with Crippen molar-refractivity contribution >= 4 is 15.2 Å². The SMILES string of the molecule is CCCCC(CCC)(C(CCC)(CCC)P(=O)(O)O)P(=O)(O)O. The Kier molecular flexibility index (Phi) is 9.24. The largest absolute Gasteiger partial charge is 0.332 e. The van der Waals surface area contributed by atoms with Crippen LogP contribution >= 0.6 is 15.2 Å². The highest BCUT2D eigenvalue weighted by molar-refractivity contribution is 7.58. The van der Waals surface area contributed by atoms with E-state index in [0.29, 0.717) is 25.7 Å². The minimum atomic E-state index is -4.72. The van der Waals surface area contributed by atoms with Gasteiger partial charge in [0.2, 0.25) is 0 Å². The Hall–Kier alpha value is 0.300. The molecule has 0 aromatic heterocycles. The van der Waals surface area contributed by atoms with Crippen LogP contribution in [0.1, 0.15) is 85.5 Å². The molecule has 8 heteroatoms. The van der Waals surface area contributed by atoms with Gasteiger partial charge in [0, 0.05) is 0 Å². The monoisotopic (exact) mass is 372 g/mol. The van der Waals surface area contributed by atoms with Gasteiger partial charge in [-0.2, -0.15) is 0 Å². The molecule has 0 aromatic carbocycles. The third-order valence-electron chi connectivity index (χ3n) is 4.92. The summed E-state index contributed by atoms with van der Waals surface area (Å²) in [7, 11) is -9.44. The van der Waals surface area contributed by atoms with Crippen LogP contribution in [0.5, 0.6) is 0 Å². The first-order valence-corrected chi connectivity index (χ1v) is 11.8. The normalized spacial score (nSPS) is 16.3. The first kappa shape index (κ1) is 23.3. The lowest BCUT2D eigenvalue weighted by molar-refractivity contribution is 0.199. The fraction of sp³-hybridized carbons (Fsp3) is 1.00. The van der Waals surface area contributed by atoms with Crippen LogP contribution in [-0.2, 0) is 9.13 Å². The van der Waals surface area contributed by atoms with E-state index in [1.165, 1.54) is 0 Å². The van der Waals surface area contributed by atoms with Crippen molar-refractivity contribution in [2.45, 2.75) is 95.8 Å². The predicted molar refractivity (Wildman–Crippen MR) is 93.8 cm³/mol. The second kappa shape index (κ2) is 9.12. The van der Waals surface area contributed by atoms with E-state index in [0.717, 1.165) is 6.42 Å². The summed E-state index contributed by atoms with van der Waals surface area (Å²) in [5.74, 6) is 0. The van der Waals surface area contributed by atoms with Gasteiger partial charge in [0.15, 0.2) is 0 Å². The summed E-state index contributed by atoms with van der Waals surface area (Å²) in [6.07, 6.45) is 3.21. The van der Waals surface area contributed by atoms with E-state index in [2.05, 4.69) is 0 Å². The van der Waals surface area contributed by atoms with E-state index in [1.54, 1.807) is 20.8 Å². The quantitative estimate of drug-likeness (QED) is 0.377. The highest BCUT2D eigenvalue weighted by atomic mass is 31.2. The highest BCUT2D eigenvalue weighted by Gasteiger charge is 2.66. The van der Waals surface area contributed by atoms with Crippen molar-refractivity contribution in [1.82, 2.24) is 0 Å². The van der Waals surface area contributed by atoms with Crippen molar-refractivity contribution in [3.8, 4) is 0 Å². The molecule has 1 unspecified atom stereocenters. The van der Waals surface area contributed by atoms with Crippen LogP contribution in [0, 0.1) is 0 Å². The Morgan fingerprint density at radius 1 is 0.609 bits per heavy atom. The summed E-state index contributed by atoms with van der Waals surface area (Å²) in [6, 6.07) is 0. The molecule has 0 rings (SSSR count). The minimum absolute atomic E-state index is 0.125. The Morgan fingerprint density at radius 2 is 0.913 bits per heavy atom. The summed E-state index contributed by atoms with van der Waals surface area (Å²) < 4.78 is 25.1. The van der Waals surface area contributed by atoms with Gasteiger partial charge in [0.05, 0.1) is 10.3 Å². The lowest BCUT2D eigenvalue weighted by Crippen LogP contribution is -2.53. The van der Waals surface area contributed by atoms with E-state index < -0.39 is 25.5 Å². The molecule has 0 saturated carbocycles. The smallest absolute Gasteiger partial charge is 0.324 e. The van der Waals surface area contributed by atoms with Gasteiger partial charge in [0.25, 0.3) is 0 Å². The Bertz CT molecular complexity index is 435. The first-order chi connectivity index (χ1) is 10.5. The molecule has 0 bridgehead atoms. The van der Waals surface area contributed by atoms with Gasteiger partial charge in [0.1, 0.15) is 0 Å². The topological polar surface area (TPSA) is 115 Å². The molecular formula is C15H34O6P2. The van der Waals surface area contributed by atoms with Crippen LogP contribution in [0.15, 0.2) is 0 Å². The van der Waals surface area contributed by atoms with Gasteiger partial charge in [-0.3, -0.25) is 9.13 Å². The molecule has 0 spiro atoms. The van der Waals surface area contributed by atoms with Crippen LogP contribution < -0.4 is 0 Å². The van der Waals surface area contributed by atoms with Crippen LogP contribution in [0.4, 0.5) is 0 Å². The lowest BCUT2D eigenvalue weighted by atomic mass is 9.77. The van der Waals surface area contributed by atoms with E-state index >= 15 is 0 Å². The van der Waals surface area contributed by atoms with Crippen molar-refractivity contribution in [3.63, 3.8) is 0 Å². The molecule has 23 heavy (non-hydrogen) atoms. The van der Waals surface area contributed by atoms with Crippen LogP contribution in [-0.4, -0.2) is 29.9 Å². The van der Waals surface area contributed by atoms with Crippen LogP contribution in [0.25, 0.3) is 0 Å². The fourth-order valence-corrected chi connectivity index (χ4v) is 8.32. The van der Waals surface area contributed by atoms with Gasteiger partial charge in [-0.25, -0.2) is 0 Å². The van der Waals surface area contributed by atoms with Crippen molar-refractivity contribution in [2.75, 3.05) is 0 Å². The Labute approximate surface area is 140 Å². The summed E-state index contributed by atoms with van der Waals surface area (Å²) in [5.41, 5.74) is 0. The first-order valence-electron chi connectivity index (χ1n) is 8.61.